The highest BCUT2D eigenvalue weighted by molar-refractivity contribution is 4.59. The van der Waals surface area contributed by atoms with Gasteiger partial charge in [0.1, 0.15) is 0 Å². The van der Waals surface area contributed by atoms with Crippen LogP contribution in [0.1, 0.15) is 19.8 Å². The van der Waals surface area contributed by atoms with Crippen LogP contribution in [0.3, 0.4) is 0 Å². The van der Waals surface area contributed by atoms with E-state index in [9.17, 15) is 0 Å². The van der Waals surface area contributed by atoms with Gasteiger partial charge in [-0.1, -0.05) is 0 Å². The van der Waals surface area contributed by atoms with Crippen LogP contribution in [-0.2, 0) is 4.74 Å². The molecule has 10 heavy (non-hydrogen) atoms. The summed E-state index contributed by atoms with van der Waals surface area (Å²) in [5.41, 5.74) is 0. The van der Waals surface area contributed by atoms with Gasteiger partial charge in [0.15, 0.2) is 0 Å². The summed E-state index contributed by atoms with van der Waals surface area (Å²) in [6, 6.07) is 0. The molecule has 0 aliphatic carbocycles. The summed E-state index contributed by atoms with van der Waals surface area (Å²) in [5.74, 6) is 0. The number of nitrogens with one attached hydrogen (secondary N) is 1. The van der Waals surface area contributed by atoms with E-state index in [-0.39, 0.29) is 0 Å². The van der Waals surface area contributed by atoms with Crippen LogP contribution in [0.25, 0.3) is 0 Å². The van der Waals surface area contributed by atoms with Gasteiger partial charge in [0.05, 0.1) is 26.2 Å². The Morgan fingerprint density at radius 3 is 2.50 bits per heavy atom. The van der Waals surface area contributed by atoms with Crippen LogP contribution in [0.2, 0.25) is 0 Å². The third kappa shape index (κ3) is 2.27. The number of hydrogen-bond donors (Lipinski definition) is 1. The zero-order chi connectivity index (χ0) is 7.40. The maximum absolute atomic E-state index is 5.52. The lowest BCUT2D eigenvalue weighted by Gasteiger charge is -2.25. The Balaban J connectivity index is 2.13. The lowest BCUT2D eigenvalue weighted by atomic mass is 10.1. The molecule has 0 radical (unpaired) electrons. The second-order valence-electron chi connectivity index (χ2n) is 3.11. The topological polar surface area (TPSA) is 13.7 Å². The molecule has 0 aromatic heterocycles. The Labute approximate surface area is 63.2 Å². The van der Waals surface area contributed by atoms with Crippen molar-refractivity contribution in [3.63, 3.8) is 0 Å². The highest BCUT2D eigenvalue weighted by atomic mass is 16.5. The van der Waals surface area contributed by atoms with Gasteiger partial charge in [-0.2, -0.15) is 0 Å². The molecule has 0 saturated carbocycles. The van der Waals surface area contributed by atoms with Gasteiger partial charge in [-0.25, -0.2) is 0 Å². The van der Waals surface area contributed by atoms with Gasteiger partial charge in [-0.3, -0.25) is 0 Å². The van der Waals surface area contributed by atoms with Crippen molar-refractivity contribution in [1.82, 2.24) is 0 Å². The molecule has 1 N–H and O–H groups in total. The Bertz CT molecular complexity index is 87.3. The molecular formula is C8H18NO+. The predicted molar refractivity (Wildman–Crippen MR) is 41.3 cm³/mol. The Kier molecular flexibility index (Phi) is 3.16. The van der Waals surface area contributed by atoms with Crippen molar-refractivity contribution in [3.05, 3.63) is 0 Å². The molecule has 60 valence electrons. The van der Waals surface area contributed by atoms with E-state index in [1.807, 2.05) is 0 Å². The van der Waals surface area contributed by atoms with Crippen LogP contribution >= 0.6 is 0 Å². The summed E-state index contributed by atoms with van der Waals surface area (Å²) < 4.78 is 5.52. The highest BCUT2D eigenvalue weighted by Gasteiger charge is 2.18. The van der Waals surface area contributed by atoms with E-state index in [4.69, 9.17) is 4.74 Å². The second-order valence-corrected chi connectivity index (χ2v) is 3.11. The SMILES string of the molecule is CCOC1CC[NH+](C)CC1. The van der Waals surface area contributed by atoms with Gasteiger partial charge in [0, 0.05) is 19.4 Å². The molecule has 1 aliphatic rings. The fraction of sp³-hybridized carbons (Fsp3) is 1.00. The first kappa shape index (κ1) is 8.02. The molecule has 1 aliphatic heterocycles. The van der Waals surface area contributed by atoms with Gasteiger partial charge in [0.2, 0.25) is 0 Å². The van der Waals surface area contributed by atoms with Crippen LogP contribution in [0.5, 0.6) is 0 Å². The fourth-order valence-corrected chi connectivity index (χ4v) is 1.49. The smallest absolute Gasteiger partial charge is 0.0794 e. The molecule has 1 rings (SSSR count). The zero-order valence-electron chi connectivity index (χ0n) is 7.02. The molecular weight excluding hydrogens is 126 g/mol. The van der Waals surface area contributed by atoms with Crippen LogP contribution in [0.15, 0.2) is 0 Å². The number of quaternary nitrogens is 1. The maximum atomic E-state index is 5.52. The summed E-state index contributed by atoms with van der Waals surface area (Å²) >= 11 is 0. The predicted octanol–water partition coefficient (Wildman–Crippen LogP) is -0.300. The minimum atomic E-state index is 0.564. The molecule has 0 bridgehead atoms. The van der Waals surface area contributed by atoms with Crippen LogP contribution < -0.4 is 4.90 Å². The van der Waals surface area contributed by atoms with E-state index in [1.54, 1.807) is 4.90 Å². The Morgan fingerprint density at radius 2 is 2.00 bits per heavy atom. The number of ether oxygens (including phenoxy) is 1. The quantitative estimate of drug-likeness (QED) is 0.562. The second kappa shape index (κ2) is 3.94. The summed E-state index contributed by atoms with van der Waals surface area (Å²) in [5, 5.41) is 0. The molecule has 2 heteroatoms. The summed E-state index contributed by atoms with van der Waals surface area (Å²) in [6.45, 7) is 5.52. The van der Waals surface area contributed by atoms with Crippen LogP contribution in [0.4, 0.5) is 0 Å². The molecule has 2 nitrogen and oxygen atoms in total. The molecule has 0 spiro atoms. The monoisotopic (exact) mass is 144 g/mol. The lowest BCUT2D eigenvalue weighted by molar-refractivity contribution is -0.885. The summed E-state index contributed by atoms with van der Waals surface area (Å²) in [4.78, 5) is 1.65. The minimum absolute atomic E-state index is 0.564. The molecule has 0 unspecified atom stereocenters. The molecule has 0 atom stereocenters. The molecule has 1 fully saturated rings. The normalized spacial score (nSPS) is 34.2. The van der Waals surface area contributed by atoms with Crippen LogP contribution in [-0.4, -0.2) is 32.8 Å². The minimum Gasteiger partial charge on any atom is -0.378 e. The molecule has 0 amide bonds. The van der Waals surface area contributed by atoms with E-state index in [0.717, 1.165) is 6.61 Å². The van der Waals surface area contributed by atoms with Crippen molar-refractivity contribution in [2.45, 2.75) is 25.9 Å². The van der Waals surface area contributed by atoms with E-state index in [1.165, 1.54) is 25.9 Å². The third-order valence-electron chi connectivity index (χ3n) is 2.19. The van der Waals surface area contributed by atoms with E-state index >= 15 is 0 Å². The molecule has 1 heterocycles. The van der Waals surface area contributed by atoms with Crippen molar-refractivity contribution in [1.29, 1.82) is 0 Å². The van der Waals surface area contributed by atoms with Crippen molar-refractivity contribution in [2.24, 2.45) is 0 Å². The average Bonchev–Trinajstić information content (AvgIpc) is 1.95. The van der Waals surface area contributed by atoms with E-state index < -0.39 is 0 Å². The highest BCUT2D eigenvalue weighted by Crippen LogP contribution is 2.03. The van der Waals surface area contributed by atoms with E-state index in [2.05, 4.69) is 14.0 Å². The Morgan fingerprint density at radius 1 is 1.40 bits per heavy atom. The van der Waals surface area contributed by atoms with Crippen molar-refractivity contribution < 1.29 is 9.64 Å². The van der Waals surface area contributed by atoms with Crippen molar-refractivity contribution >= 4 is 0 Å². The number of likely N-dealkylation sites (tertiary alicyclic amines) is 1. The largest absolute Gasteiger partial charge is 0.378 e. The molecule has 0 aromatic rings. The zero-order valence-corrected chi connectivity index (χ0v) is 7.02. The maximum Gasteiger partial charge on any atom is 0.0794 e. The van der Waals surface area contributed by atoms with E-state index in [0.29, 0.717) is 6.10 Å². The summed E-state index contributed by atoms with van der Waals surface area (Å²) in [7, 11) is 2.25. The van der Waals surface area contributed by atoms with Gasteiger partial charge >= 0.3 is 0 Å². The lowest BCUT2D eigenvalue weighted by Crippen LogP contribution is -3.10. The summed E-state index contributed by atoms with van der Waals surface area (Å²) in [6.07, 6.45) is 3.06. The van der Waals surface area contributed by atoms with Crippen molar-refractivity contribution in [2.75, 3.05) is 26.7 Å². The molecule has 1 saturated heterocycles. The Hall–Kier alpha value is -0.0800. The first-order valence-electron chi connectivity index (χ1n) is 4.26. The average molecular weight is 144 g/mol. The fourth-order valence-electron chi connectivity index (χ4n) is 1.49. The third-order valence-corrected chi connectivity index (χ3v) is 2.19. The number of piperidine rings is 1. The first-order valence-corrected chi connectivity index (χ1v) is 4.26. The molecule has 0 aromatic carbocycles. The van der Waals surface area contributed by atoms with Gasteiger partial charge < -0.3 is 9.64 Å². The van der Waals surface area contributed by atoms with Gasteiger partial charge in [-0.15, -0.1) is 0 Å². The van der Waals surface area contributed by atoms with Gasteiger partial charge in [-0.05, 0) is 6.92 Å². The number of hydrogen-bond acceptors (Lipinski definition) is 1. The van der Waals surface area contributed by atoms with Crippen molar-refractivity contribution in [3.8, 4) is 0 Å². The number of rotatable bonds is 2. The van der Waals surface area contributed by atoms with Crippen LogP contribution in [0, 0.1) is 0 Å². The van der Waals surface area contributed by atoms with Gasteiger partial charge in [0.25, 0.3) is 0 Å². The first-order chi connectivity index (χ1) is 4.83. The standard InChI is InChI=1S/C8H17NO/c1-3-10-8-4-6-9(2)7-5-8/h8H,3-7H2,1-2H3/p+1.